The number of benzene rings is 1. The van der Waals surface area contributed by atoms with Gasteiger partial charge in [0, 0.05) is 11.6 Å². The van der Waals surface area contributed by atoms with Crippen molar-refractivity contribution in [2.24, 2.45) is 0 Å². The maximum Gasteiger partial charge on any atom is 0.169 e. The van der Waals surface area contributed by atoms with E-state index in [1.165, 1.54) is 0 Å². The van der Waals surface area contributed by atoms with E-state index in [1.54, 1.807) is 13.2 Å². The Bertz CT molecular complexity index is 518. The molecule has 0 saturated heterocycles. The molecule has 0 radical (unpaired) electrons. The van der Waals surface area contributed by atoms with Crippen LogP contribution in [0.1, 0.15) is 11.1 Å². The Morgan fingerprint density at radius 1 is 1.25 bits per heavy atom. The average Bonchev–Trinajstić information content (AvgIpc) is 2.69. The summed E-state index contributed by atoms with van der Waals surface area (Å²) in [7, 11) is 1.66. The standard InChI is InChI=1S/C12H14N2O2/c1-7-8(2)10(15-3)5-4-9(7)11-6-12(13)14-16-11/h4-6H,1-3H3,(H2,13,14). The molecule has 1 aromatic heterocycles. The number of nitrogen functional groups attached to an aromatic ring is 1. The second-order valence-corrected chi connectivity index (χ2v) is 3.68. The van der Waals surface area contributed by atoms with Crippen LogP contribution in [0.15, 0.2) is 22.7 Å². The van der Waals surface area contributed by atoms with Crippen LogP contribution in [0.5, 0.6) is 5.75 Å². The van der Waals surface area contributed by atoms with Gasteiger partial charge in [0.1, 0.15) is 5.75 Å². The molecule has 0 aliphatic rings. The van der Waals surface area contributed by atoms with Crippen molar-refractivity contribution >= 4 is 5.82 Å². The Labute approximate surface area is 94.0 Å². The number of hydrogen-bond donors (Lipinski definition) is 1. The summed E-state index contributed by atoms with van der Waals surface area (Å²) in [5, 5.41) is 3.68. The predicted octanol–water partition coefficient (Wildman–Crippen LogP) is 2.55. The minimum Gasteiger partial charge on any atom is -0.496 e. The van der Waals surface area contributed by atoms with Crippen LogP contribution in [0.4, 0.5) is 5.82 Å². The Morgan fingerprint density at radius 3 is 2.56 bits per heavy atom. The quantitative estimate of drug-likeness (QED) is 0.841. The molecule has 4 nitrogen and oxygen atoms in total. The lowest BCUT2D eigenvalue weighted by Crippen LogP contribution is -1.92. The van der Waals surface area contributed by atoms with Crippen molar-refractivity contribution in [1.29, 1.82) is 0 Å². The summed E-state index contributed by atoms with van der Waals surface area (Å²) >= 11 is 0. The maximum absolute atomic E-state index is 5.53. The molecule has 0 bridgehead atoms. The fraction of sp³-hybridized carbons (Fsp3) is 0.250. The minimum absolute atomic E-state index is 0.392. The minimum atomic E-state index is 0.392. The summed E-state index contributed by atoms with van der Waals surface area (Å²) in [6.07, 6.45) is 0. The first-order valence-corrected chi connectivity index (χ1v) is 5.00. The van der Waals surface area contributed by atoms with Gasteiger partial charge in [-0.3, -0.25) is 0 Å². The van der Waals surface area contributed by atoms with E-state index in [-0.39, 0.29) is 0 Å². The summed E-state index contributed by atoms with van der Waals surface area (Å²) in [4.78, 5) is 0. The van der Waals surface area contributed by atoms with Crippen LogP contribution in [-0.4, -0.2) is 12.3 Å². The van der Waals surface area contributed by atoms with Crippen molar-refractivity contribution in [1.82, 2.24) is 5.16 Å². The highest BCUT2D eigenvalue weighted by molar-refractivity contribution is 5.67. The number of ether oxygens (including phenoxy) is 1. The van der Waals surface area contributed by atoms with Gasteiger partial charge in [0.15, 0.2) is 11.6 Å². The van der Waals surface area contributed by atoms with E-state index in [4.69, 9.17) is 15.0 Å². The van der Waals surface area contributed by atoms with E-state index in [9.17, 15) is 0 Å². The van der Waals surface area contributed by atoms with Gasteiger partial charge in [-0.1, -0.05) is 5.16 Å². The topological polar surface area (TPSA) is 61.3 Å². The van der Waals surface area contributed by atoms with Gasteiger partial charge in [0.2, 0.25) is 0 Å². The molecule has 0 atom stereocenters. The zero-order chi connectivity index (χ0) is 11.7. The Kier molecular flexibility index (Phi) is 2.56. The summed E-state index contributed by atoms with van der Waals surface area (Å²) in [6, 6.07) is 5.58. The molecular formula is C12H14N2O2. The van der Waals surface area contributed by atoms with Crippen molar-refractivity contribution < 1.29 is 9.26 Å². The average molecular weight is 218 g/mol. The zero-order valence-electron chi connectivity index (χ0n) is 9.57. The number of methoxy groups -OCH3 is 1. The van der Waals surface area contributed by atoms with Crippen LogP contribution in [0.2, 0.25) is 0 Å². The first-order valence-electron chi connectivity index (χ1n) is 5.00. The molecule has 1 aromatic carbocycles. The molecule has 16 heavy (non-hydrogen) atoms. The molecule has 2 aromatic rings. The van der Waals surface area contributed by atoms with E-state index in [0.29, 0.717) is 11.6 Å². The molecule has 0 amide bonds. The molecule has 0 unspecified atom stereocenters. The van der Waals surface area contributed by atoms with E-state index >= 15 is 0 Å². The zero-order valence-corrected chi connectivity index (χ0v) is 9.57. The molecule has 4 heteroatoms. The molecular weight excluding hydrogens is 204 g/mol. The van der Waals surface area contributed by atoms with E-state index in [0.717, 1.165) is 22.4 Å². The van der Waals surface area contributed by atoms with Crippen molar-refractivity contribution in [2.45, 2.75) is 13.8 Å². The molecule has 0 saturated carbocycles. The highest BCUT2D eigenvalue weighted by Gasteiger charge is 2.11. The normalized spacial score (nSPS) is 10.4. The third-order valence-electron chi connectivity index (χ3n) is 2.75. The molecule has 1 heterocycles. The highest BCUT2D eigenvalue weighted by Crippen LogP contribution is 2.31. The maximum atomic E-state index is 5.53. The van der Waals surface area contributed by atoms with Gasteiger partial charge in [-0.2, -0.15) is 0 Å². The first kappa shape index (κ1) is 10.5. The second-order valence-electron chi connectivity index (χ2n) is 3.68. The van der Waals surface area contributed by atoms with Crippen LogP contribution in [0.3, 0.4) is 0 Å². The molecule has 0 aliphatic heterocycles. The van der Waals surface area contributed by atoms with Crippen LogP contribution >= 0.6 is 0 Å². The number of hydrogen-bond acceptors (Lipinski definition) is 4. The Balaban J connectivity index is 2.55. The van der Waals surface area contributed by atoms with Crippen molar-refractivity contribution in [3.05, 3.63) is 29.3 Å². The van der Waals surface area contributed by atoms with Crippen LogP contribution in [-0.2, 0) is 0 Å². The largest absolute Gasteiger partial charge is 0.496 e. The van der Waals surface area contributed by atoms with Gasteiger partial charge in [-0.15, -0.1) is 0 Å². The molecule has 0 aliphatic carbocycles. The fourth-order valence-electron chi connectivity index (χ4n) is 1.70. The third-order valence-corrected chi connectivity index (χ3v) is 2.75. The lowest BCUT2D eigenvalue weighted by molar-refractivity contribution is 0.411. The van der Waals surface area contributed by atoms with E-state index in [2.05, 4.69) is 5.16 Å². The predicted molar refractivity (Wildman–Crippen MR) is 62.4 cm³/mol. The number of aromatic nitrogens is 1. The lowest BCUT2D eigenvalue weighted by atomic mass is 10.0. The number of rotatable bonds is 2. The van der Waals surface area contributed by atoms with Gasteiger partial charge in [-0.25, -0.2) is 0 Å². The Morgan fingerprint density at radius 2 is 2.00 bits per heavy atom. The number of anilines is 1. The second kappa shape index (κ2) is 3.89. The van der Waals surface area contributed by atoms with E-state index in [1.807, 2.05) is 26.0 Å². The lowest BCUT2D eigenvalue weighted by Gasteiger charge is -2.10. The summed E-state index contributed by atoms with van der Waals surface area (Å²) < 4.78 is 10.4. The first-order chi connectivity index (χ1) is 7.63. The van der Waals surface area contributed by atoms with Gasteiger partial charge in [-0.05, 0) is 37.1 Å². The summed E-state index contributed by atoms with van der Waals surface area (Å²) in [5.74, 6) is 1.94. The fourth-order valence-corrected chi connectivity index (χ4v) is 1.70. The third kappa shape index (κ3) is 1.62. The molecule has 84 valence electrons. The van der Waals surface area contributed by atoms with Crippen molar-refractivity contribution in [2.75, 3.05) is 12.8 Å². The van der Waals surface area contributed by atoms with Gasteiger partial charge < -0.3 is 15.0 Å². The molecule has 0 fully saturated rings. The number of nitrogens with zero attached hydrogens (tertiary/aromatic N) is 1. The van der Waals surface area contributed by atoms with Gasteiger partial charge in [0.05, 0.1) is 7.11 Å². The molecule has 0 spiro atoms. The van der Waals surface area contributed by atoms with Gasteiger partial charge >= 0.3 is 0 Å². The smallest absolute Gasteiger partial charge is 0.169 e. The van der Waals surface area contributed by atoms with E-state index < -0.39 is 0 Å². The SMILES string of the molecule is COc1ccc(-c2cc(N)no2)c(C)c1C. The monoisotopic (exact) mass is 218 g/mol. The molecule has 2 rings (SSSR count). The van der Waals surface area contributed by atoms with Crippen LogP contribution < -0.4 is 10.5 Å². The molecule has 2 N–H and O–H groups in total. The van der Waals surface area contributed by atoms with Gasteiger partial charge in [0.25, 0.3) is 0 Å². The van der Waals surface area contributed by atoms with Crippen LogP contribution in [0, 0.1) is 13.8 Å². The van der Waals surface area contributed by atoms with Crippen LogP contribution in [0.25, 0.3) is 11.3 Å². The highest BCUT2D eigenvalue weighted by atomic mass is 16.5. The van der Waals surface area contributed by atoms with Crippen molar-refractivity contribution in [3.8, 4) is 17.1 Å². The summed E-state index contributed by atoms with van der Waals surface area (Å²) in [5.41, 5.74) is 8.72. The summed E-state index contributed by atoms with van der Waals surface area (Å²) in [6.45, 7) is 4.03. The van der Waals surface area contributed by atoms with Crippen molar-refractivity contribution in [3.63, 3.8) is 0 Å². The Hall–Kier alpha value is -1.97. The number of nitrogens with two attached hydrogens (primary N) is 1.